The summed E-state index contributed by atoms with van der Waals surface area (Å²) in [7, 11) is 4.89. The number of ether oxygens (including phenoxy) is 2. The number of nitrogens with one attached hydrogen (secondary N) is 1. The van der Waals surface area contributed by atoms with Crippen LogP contribution in [-0.2, 0) is 17.5 Å². The number of carbonyl (C=O) groups is 1. The molecule has 1 N–H and O–H groups in total. The quantitative estimate of drug-likeness (QED) is 0.763. The van der Waals surface area contributed by atoms with Gasteiger partial charge in [-0.25, -0.2) is 0 Å². The normalized spacial score (nSPS) is 12.6. The molecular weight excluding hydrogens is 373 g/mol. The summed E-state index contributed by atoms with van der Waals surface area (Å²) in [5.74, 6) is 0.889. The van der Waals surface area contributed by atoms with Crippen molar-refractivity contribution in [1.82, 2.24) is 4.90 Å². The minimum atomic E-state index is -4.41. The second-order valence-electron chi connectivity index (χ2n) is 6.34. The Morgan fingerprint density at radius 2 is 1.68 bits per heavy atom. The van der Waals surface area contributed by atoms with Gasteiger partial charge in [0.1, 0.15) is 0 Å². The average Bonchev–Trinajstić information content (AvgIpc) is 2.66. The summed E-state index contributed by atoms with van der Waals surface area (Å²) >= 11 is 0. The van der Waals surface area contributed by atoms with E-state index in [1.54, 1.807) is 34.3 Å². The minimum Gasteiger partial charge on any atom is -0.493 e. The van der Waals surface area contributed by atoms with Crippen LogP contribution in [0, 0.1) is 0 Å². The zero-order valence-corrected chi connectivity index (χ0v) is 16.1. The van der Waals surface area contributed by atoms with Crippen LogP contribution in [0.5, 0.6) is 11.5 Å². The van der Waals surface area contributed by atoms with Gasteiger partial charge in [-0.15, -0.1) is 0 Å². The second-order valence-corrected chi connectivity index (χ2v) is 6.34. The van der Waals surface area contributed by atoms with Crippen LogP contribution in [0.1, 0.15) is 18.1 Å². The van der Waals surface area contributed by atoms with E-state index in [1.165, 1.54) is 12.1 Å². The first-order valence-corrected chi connectivity index (χ1v) is 8.55. The van der Waals surface area contributed by atoms with Crippen molar-refractivity contribution in [3.05, 3.63) is 53.6 Å². The monoisotopic (exact) mass is 396 g/mol. The Morgan fingerprint density at radius 1 is 1.07 bits per heavy atom. The van der Waals surface area contributed by atoms with Crippen molar-refractivity contribution in [2.75, 3.05) is 26.6 Å². The first kappa shape index (κ1) is 21.6. The number of benzene rings is 2. The van der Waals surface area contributed by atoms with E-state index in [0.717, 1.165) is 17.7 Å². The van der Waals surface area contributed by atoms with E-state index in [9.17, 15) is 18.0 Å². The molecule has 0 radical (unpaired) electrons. The molecule has 1 amide bonds. The van der Waals surface area contributed by atoms with Crippen molar-refractivity contribution in [3.8, 4) is 11.5 Å². The summed E-state index contributed by atoms with van der Waals surface area (Å²) in [6, 6.07) is 9.34. The number of nitrogens with zero attached hydrogens (tertiary/aromatic N) is 1. The smallest absolute Gasteiger partial charge is 0.416 e. The molecule has 0 saturated carbocycles. The third-order valence-corrected chi connectivity index (χ3v) is 4.40. The molecule has 152 valence electrons. The first-order valence-electron chi connectivity index (χ1n) is 8.55. The van der Waals surface area contributed by atoms with E-state index in [4.69, 9.17) is 9.47 Å². The summed E-state index contributed by atoms with van der Waals surface area (Å²) in [5.41, 5.74) is 0.475. The Morgan fingerprint density at radius 3 is 2.21 bits per heavy atom. The Bertz CT molecular complexity index is 807. The molecule has 2 aromatic rings. The number of hydrogen-bond donors (Lipinski definition) is 1. The summed E-state index contributed by atoms with van der Waals surface area (Å²) in [4.78, 5) is 14.2. The summed E-state index contributed by atoms with van der Waals surface area (Å²) < 4.78 is 48.3. The lowest BCUT2D eigenvalue weighted by atomic mass is 10.1. The lowest BCUT2D eigenvalue weighted by Gasteiger charge is -2.24. The van der Waals surface area contributed by atoms with Crippen molar-refractivity contribution >= 4 is 11.6 Å². The van der Waals surface area contributed by atoms with Crippen LogP contribution >= 0.6 is 0 Å². The Labute approximate surface area is 162 Å². The zero-order chi connectivity index (χ0) is 20.9. The van der Waals surface area contributed by atoms with Crippen molar-refractivity contribution in [2.45, 2.75) is 25.7 Å². The maximum absolute atomic E-state index is 12.6. The van der Waals surface area contributed by atoms with E-state index in [2.05, 4.69) is 5.32 Å². The van der Waals surface area contributed by atoms with Crippen LogP contribution < -0.4 is 14.8 Å². The van der Waals surface area contributed by atoms with Gasteiger partial charge in [0.05, 0.1) is 25.8 Å². The second kappa shape index (κ2) is 8.97. The molecule has 2 rings (SSSR count). The molecule has 0 aliphatic rings. The van der Waals surface area contributed by atoms with Gasteiger partial charge in [-0.2, -0.15) is 13.2 Å². The van der Waals surface area contributed by atoms with Gasteiger partial charge >= 0.3 is 6.18 Å². The summed E-state index contributed by atoms with van der Waals surface area (Å²) in [5, 5.41) is 2.64. The van der Waals surface area contributed by atoms with Crippen molar-refractivity contribution in [2.24, 2.45) is 0 Å². The molecule has 0 unspecified atom stereocenters. The van der Waals surface area contributed by atoms with Crippen LogP contribution in [0.4, 0.5) is 18.9 Å². The van der Waals surface area contributed by atoms with Gasteiger partial charge in [-0.1, -0.05) is 6.07 Å². The maximum atomic E-state index is 12.6. The van der Waals surface area contributed by atoms with Crippen LogP contribution in [0.25, 0.3) is 0 Å². The first-order chi connectivity index (χ1) is 13.2. The highest BCUT2D eigenvalue weighted by Crippen LogP contribution is 2.30. The predicted octanol–water partition coefficient (Wildman–Crippen LogP) is 4.18. The SMILES string of the molecule is COc1ccc(CN(C)[C@H](C)C(=O)Nc2ccc(C(F)(F)F)cc2)cc1OC. The number of halogens is 3. The molecule has 28 heavy (non-hydrogen) atoms. The third kappa shape index (κ3) is 5.39. The number of carbonyl (C=O) groups excluding carboxylic acids is 1. The zero-order valence-electron chi connectivity index (χ0n) is 16.1. The van der Waals surface area contributed by atoms with Gasteiger partial charge in [0, 0.05) is 12.2 Å². The molecule has 0 aliphatic carbocycles. The molecule has 5 nitrogen and oxygen atoms in total. The topological polar surface area (TPSA) is 50.8 Å². The maximum Gasteiger partial charge on any atom is 0.416 e. The molecule has 0 aliphatic heterocycles. The van der Waals surface area contributed by atoms with Gasteiger partial charge < -0.3 is 14.8 Å². The molecule has 8 heteroatoms. The molecule has 0 spiro atoms. The van der Waals surface area contributed by atoms with Crippen molar-refractivity contribution < 1.29 is 27.4 Å². The largest absolute Gasteiger partial charge is 0.493 e. The van der Waals surface area contributed by atoms with Crippen LogP contribution in [0.2, 0.25) is 0 Å². The number of methoxy groups -OCH3 is 2. The number of anilines is 1. The number of alkyl halides is 3. The van der Waals surface area contributed by atoms with Crippen molar-refractivity contribution in [1.29, 1.82) is 0 Å². The van der Waals surface area contributed by atoms with Gasteiger partial charge in [-0.3, -0.25) is 9.69 Å². The molecule has 1 atom stereocenters. The van der Waals surface area contributed by atoms with E-state index in [0.29, 0.717) is 23.7 Å². The van der Waals surface area contributed by atoms with Crippen LogP contribution in [-0.4, -0.2) is 38.1 Å². The van der Waals surface area contributed by atoms with E-state index < -0.39 is 17.8 Å². The average molecular weight is 396 g/mol. The van der Waals surface area contributed by atoms with Gasteiger partial charge in [0.15, 0.2) is 11.5 Å². The number of likely N-dealkylation sites (N-methyl/N-ethyl adjacent to an activating group) is 1. The van der Waals surface area contributed by atoms with Crippen LogP contribution in [0.3, 0.4) is 0 Å². The molecule has 0 fully saturated rings. The minimum absolute atomic E-state index is 0.310. The standard InChI is InChI=1S/C20H23F3N2O3/c1-13(19(26)24-16-8-6-15(7-9-16)20(21,22)23)25(2)12-14-5-10-17(27-3)18(11-14)28-4/h5-11,13H,12H2,1-4H3,(H,24,26)/t13-/m1/s1. The summed E-state index contributed by atoms with van der Waals surface area (Å²) in [6.45, 7) is 2.20. The number of rotatable bonds is 7. The third-order valence-electron chi connectivity index (χ3n) is 4.40. The molecule has 0 bridgehead atoms. The van der Waals surface area contributed by atoms with E-state index >= 15 is 0 Å². The highest BCUT2D eigenvalue weighted by Gasteiger charge is 2.30. The molecule has 2 aromatic carbocycles. The van der Waals surface area contributed by atoms with Gasteiger partial charge in [0.25, 0.3) is 0 Å². The van der Waals surface area contributed by atoms with Gasteiger partial charge in [-0.05, 0) is 55.9 Å². The lowest BCUT2D eigenvalue weighted by Crippen LogP contribution is -2.39. The Hall–Kier alpha value is -2.74. The van der Waals surface area contributed by atoms with E-state index in [1.807, 2.05) is 17.0 Å². The fourth-order valence-corrected chi connectivity index (χ4v) is 2.59. The van der Waals surface area contributed by atoms with E-state index in [-0.39, 0.29) is 5.91 Å². The molecule has 0 saturated heterocycles. The Kier molecular flexibility index (Phi) is 6.90. The molecule has 0 aromatic heterocycles. The summed E-state index contributed by atoms with van der Waals surface area (Å²) in [6.07, 6.45) is -4.41. The van der Waals surface area contributed by atoms with Gasteiger partial charge in [0.2, 0.25) is 5.91 Å². The van der Waals surface area contributed by atoms with Crippen molar-refractivity contribution in [3.63, 3.8) is 0 Å². The predicted molar refractivity (Wildman–Crippen MR) is 101 cm³/mol. The highest BCUT2D eigenvalue weighted by molar-refractivity contribution is 5.94. The lowest BCUT2D eigenvalue weighted by molar-refractivity contribution is -0.137. The fraction of sp³-hybridized carbons (Fsp3) is 0.350. The van der Waals surface area contributed by atoms with Crippen LogP contribution in [0.15, 0.2) is 42.5 Å². The number of hydrogen-bond acceptors (Lipinski definition) is 4. The molecular formula is C20H23F3N2O3. The molecule has 0 heterocycles. The fourth-order valence-electron chi connectivity index (χ4n) is 2.59. The number of amides is 1. The Balaban J connectivity index is 2.00. The highest BCUT2D eigenvalue weighted by atomic mass is 19.4.